The molecule has 0 atom stereocenters. The van der Waals surface area contributed by atoms with Gasteiger partial charge in [-0.15, -0.1) is 0 Å². The monoisotopic (exact) mass is 512 g/mol. The topological polar surface area (TPSA) is 17.8 Å². The third kappa shape index (κ3) is 3.26. The van der Waals surface area contributed by atoms with Crippen LogP contribution in [0.15, 0.2) is 133 Å². The van der Waals surface area contributed by atoms with E-state index in [9.17, 15) is 0 Å². The molecule has 0 unspecified atom stereocenters. The van der Waals surface area contributed by atoms with E-state index in [1.54, 1.807) is 0 Å². The number of aromatic nitrogens is 2. The van der Waals surface area contributed by atoms with Gasteiger partial charge in [0.15, 0.2) is 0 Å². The summed E-state index contributed by atoms with van der Waals surface area (Å²) < 4.78 is 2.44. The van der Waals surface area contributed by atoms with Gasteiger partial charge in [-0.3, -0.25) is 0 Å². The van der Waals surface area contributed by atoms with Crippen LogP contribution in [0.25, 0.3) is 61.1 Å². The first-order valence-electron chi connectivity index (χ1n) is 13.9. The Morgan fingerprint density at radius 2 is 1.15 bits per heavy atom. The molecule has 2 heteroatoms. The van der Waals surface area contributed by atoms with Crippen molar-refractivity contribution in [3.63, 3.8) is 0 Å². The van der Waals surface area contributed by atoms with Crippen molar-refractivity contribution < 1.29 is 0 Å². The molecule has 7 aromatic rings. The Labute approximate surface area is 234 Å². The van der Waals surface area contributed by atoms with Gasteiger partial charge in [0.2, 0.25) is 0 Å². The number of fused-ring (bicyclic) bond motifs is 7. The van der Waals surface area contributed by atoms with Crippen molar-refractivity contribution in [1.29, 1.82) is 0 Å². The third-order valence-electron chi connectivity index (χ3n) is 8.56. The summed E-state index contributed by atoms with van der Waals surface area (Å²) in [7, 11) is 0. The van der Waals surface area contributed by atoms with E-state index < -0.39 is 0 Å². The second-order valence-corrected chi connectivity index (χ2v) is 11.2. The Balaban J connectivity index is 1.47. The van der Waals surface area contributed by atoms with Crippen LogP contribution < -0.4 is 0 Å². The van der Waals surface area contributed by atoms with Crippen LogP contribution in [0.1, 0.15) is 25.0 Å². The molecule has 0 saturated carbocycles. The maximum atomic E-state index is 5.14. The van der Waals surface area contributed by atoms with Gasteiger partial charge in [0.25, 0.3) is 0 Å². The van der Waals surface area contributed by atoms with Crippen LogP contribution in [0.3, 0.4) is 0 Å². The molecular formula is C38H28N2. The van der Waals surface area contributed by atoms with Gasteiger partial charge in [0.05, 0.1) is 28.1 Å². The first-order valence-corrected chi connectivity index (χ1v) is 13.9. The van der Waals surface area contributed by atoms with Crippen LogP contribution in [0.5, 0.6) is 0 Å². The van der Waals surface area contributed by atoms with Gasteiger partial charge in [-0.05, 0) is 46.5 Å². The Morgan fingerprint density at radius 3 is 1.85 bits per heavy atom. The average Bonchev–Trinajstić information content (AvgIpc) is 3.47. The molecule has 0 amide bonds. The van der Waals surface area contributed by atoms with Crippen molar-refractivity contribution in [2.45, 2.75) is 19.3 Å². The molecule has 2 nitrogen and oxygen atoms in total. The van der Waals surface area contributed by atoms with Crippen LogP contribution in [-0.2, 0) is 5.41 Å². The van der Waals surface area contributed by atoms with Gasteiger partial charge in [-0.1, -0.05) is 123 Å². The van der Waals surface area contributed by atoms with Crippen LogP contribution in [0.2, 0.25) is 0 Å². The lowest BCUT2D eigenvalue weighted by atomic mass is 9.80. The van der Waals surface area contributed by atoms with E-state index in [0.29, 0.717) is 0 Å². The highest BCUT2D eigenvalue weighted by Gasteiger charge is 2.38. The fourth-order valence-corrected chi connectivity index (χ4v) is 6.77. The molecule has 1 aliphatic carbocycles. The quantitative estimate of drug-likeness (QED) is 0.230. The highest BCUT2D eigenvalue weighted by atomic mass is 15.0. The van der Waals surface area contributed by atoms with Gasteiger partial charge in [-0.25, -0.2) is 4.98 Å². The van der Waals surface area contributed by atoms with E-state index in [-0.39, 0.29) is 5.41 Å². The Kier molecular flexibility index (Phi) is 4.90. The van der Waals surface area contributed by atoms with Crippen molar-refractivity contribution in [3.05, 3.63) is 145 Å². The third-order valence-corrected chi connectivity index (χ3v) is 8.56. The van der Waals surface area contributed by atoms with E-state index in [0.717, 1.165) is 28.2 Å². The fourth-order valence-electron chi connectivity index (χ4n) is 6.77. The normalized spacial score (nSPS) is 13.4. The lowest BCUT2D eigenvalue weighted by molar-refractivity contribution is 0.666. The zero-order chi connectivity index (χ0) is 26.8. The summed E-state index contributed by atoms with van der Waals surface area (Å²) in [5, 5.41) is 2.63. The number of hydrogen-bond donors (Lipinski definition) is 0. The zero-order valence-corrected chi connectivity index (χ0v) is 22.6. The minimum atomic E-state index is -0.0942. The van der Waals surface area contributed by atoms with Gasteiger partial charge in [0, 0.05) is 27.3 Å². The van der Waals surface area contributed by atoms with Gasteiger partial charge in [0.1, 0.15) is 0 Å². The number of benzene rings is 5. The summed E-state index contributed by atoms with van der Waals surface area (Å²) in [4.78, 5) is 5.14. The van der Waals surface area contributed by atoms with Crippen LogP contribution in [0, 0.1) is 0 Å². The van der Waals surface area contributed by atoms with E-state index in [4.69, 9.17) is 4.98 Å². The number of hydrogen-bond acceptors (Lipinski definition) is 1. The Bertz CT molecular complexity index is 2010. The second-order valence-electron chi connectivity index (χ2n) is 11.2. The molecule has 40 heavy (non-hydrogen) atoms. The lowest BCUT2D eigenvalue weighted by Crippen LogP contribution is -2.15. The van der Waals surface area contributed by atoms with Gasteiger partial charge < -0.3 is 4.57 Å². The number of nitrogens with zero attached hydrogens (tertiary/aromatic N) is 2. The van der Waals surface area contributed by atoms with Crippen molar-refractivity contribution in [1.82, 2.24) is 9.55 Å². The highest BCUT2D eigenvalue weighted by Crippen LogP contribution is 2.53. The summed E-state index contributed by atoms with van der Waals surface area (Å²) in [5.41, 5.74) is 13.1. The van der Waals surface area contributed by atoms with Crippen LogP contribution in [0.4, 0.5) is 0 Å². The number of para-hydroxylation sites is 1. The van der Waals surface area contributed by atoms with E-state index in [2.05, 4.69) is 152 Å². The molecule has 5 aromatic carbocycles. The molecule has 0 spiro atoms. The lowest BCUT2D eigenvalue weighted by Gasteiger charge is -2.22. The van der Waals surface area contributed by atoms with E-state index >= 15 is 0 Å². The first-order chi connectivity index (χ1) is 19.6. The minimum absolute atomic E-state index is 0.0942. The summed E-state index contributed by atoms with van der Waals surface area (Å²) in [5.74, 6) is 0. The second kappa shape index (κ2) is 8.53. The van der Waals surface area contributed by atoms with Gasteiger partial charge >= 0.3 is 0 Å². The molecule has 0 N–H and O–H groups in total. The highest BCUT2D eigenvalue weighted by molar-refractivity contribution is 6.14. The smallest absolute Gasteiger partial charge is 0.0730 e. The van der Waals surface area contributed by atoms with Crippen LogP contribution >= 0.6 is 0 Å². The Morgan fingerprint density at radius 1 is 0.550 bits per heavy atom. The largest absolute Gasteiger partial charge is 0.309 e. The summed E-state index contributed by atoms with van der Waals surface area (Å²) in [6.45, 7) is 4.74. The zero-order valence-electron chi connectivity index (χ0n) is 22.6. The summed E-state index contributed by atoms with van der Waals surface area (Å²) >= 11 is 0. The first kappa shape index (κ1) is 23.0. The van der Waals surface area contributed by atoms with E-state index in [1.165, 1.54) is 44.1 Å². The minimum Gasteiger partial charge on any atom is -0.309 e. The molecule has 1 aliphatic rings. The molecule has 190 valence electrons. The maximum absolute atomic E-state index is 5.14. The van der Waals surface area contributed by atoms with Crippen molar-refractivity contribution in [2.24, 2.45) is 0 Å². The molecular weight excluding hydrogens is 484 g/mol. The number of pyridine rings is 1. The Hall–Kier alpha value is -4.95. The van der Waals surface area contributed by atoms with Crippen LogP contribution in [-0.4, -0.2) is 9.55 Å². The fraction of sp³-hybridized carbons (Fsp3) is 0.0789. The van der Waals surface area contributed by atoms with Gasteiger partial charge in [-0.2, -0.15) is 0 Å². The average molecular weight is 513 g/mol. The SMILES string of the molecule is CC1(C)c2ccccc2-c2ccc3c(c21)c1ccccc1n3-c1cc(-c2ccccc2)nc(-c2ccccc2)c1. The van der Waals surface area contributed by atoms with E-state index in [1.807, 2.05) is 0 Å². The molecule has 0 bridgehead atoms. The standard InChI is InChI=1S/C38H28N2/c1-38(2)31-19-11-9-17-28(31)29-21-22-35-36(37(29)38)30-18-10-12-20-34(30)40(35)27-23-32(25-13-5-3-6-14-25)39-33(24-27)26-15-7-4-8-16-26/h3-24H,1-2H3. The molecule has 0 fully saturated rings. The molecule has 0 saturated heterocycles. The van der Waals surface area contributed by atoms with Crippen molar-refractivity contribution in [3.8, 4) is 39.3 Å². The summed E-state index contributed by atoms with van der Waals surface area (Å²) in [6.07, 6.45) is 0. The maximum Gasteiger partial charge on any atom is 0.0730 e. The summed E-state index contributed by atoms with van der Waals surface area (Å²) in [6, 6.07) is 47.8. The predicted octanol–water partition coefficient (Wildman–Crippen LogP) is 9.82. The molecule has 2 aromatic heterocycles. The molecule has 0 radical (unpaired) electrons. The molecule has 8 rings (SSSR count). The van der Waals surface area contributed by atoms with Crippen molar-refractivity contribution in [2.75, 3.05) is 0 Å². The molecule has 2 heterocycles. The van der Waals surface area contributed by atoms with Crippen molar-refractivity contribution >= 4 is 21.8 Å². The predicted molar refractivity (Wildman–Crippen MR) is 167 cm³/mol. The molecule has 0 aliphatic heterocycles. The number of rotatable bonds is 3.